The van der Waals surface area contributed by atoms with Gasteiger partial charge in [-0.1, -0.05) is 0 Å². The molecule has 112 valence electrons. The van der Waals surface area contributed by atoms with E-state index in [1.54, 1.807) is 11.8 Å². The molecule has 1 aromatic heterocycles. The third kappa shape index (κ3) is 2.73. The van der Waals surface area contributed by atoms with Crippen molar-refractivity contribution in [2.75, 3.05) is 13.1 Å². The SMILES string of the molecule is Cc1oc(C)c(C(=O)N2CCCC(S(N)(=O)=O)C2)c1C. The number of likely N-dealkylation sites (tertiary alicyclic amines) is 1. The molecule has 0 saturated carbocycles. The number of primary sulfonamides is 1. The molecule has 1 aliphatic heterocycles. The van der Waals surface area contributed by atoms with Crippen LogP contribution >= 0.6 is 0 Å². The zero-order valence-corrected chi connectivity index (χ0v) is 12.8. The minimum absolute atomic E-state index is 0.154. The second kappa shape index (κ2) is 5.21. The molecule has 1 saturated heterocycles. The molecule has 0 radical (unpaired) electrons. The maximum Gasteiger partial charge on any atom is 0.257 e. The van der Waals surface area contributed by atoms with Crippen molar-refractivity contribution in [1.29, 1.82) is 0 Å². The van der Waals surface area contributed by atoms with Gasteiger partial charge in [-0.25, -0.2) is 13.6 Å². The Morgan fingerprint density at radius 2 is 1.95 bits per heavy atom. The summed E-state index contributed by atoms with van der Waals surface area (Å²) in [5.41, 5.74) is 1.35. The highest BCUT2D eigenvalue weighted by molar-refractivity contribution is 7.89. The van der Waals surface area contributed by atoms with Crippen LogP contribution in [0.25, 0.3) is 0 Å². The van der Waals surface area contributed by atoms with Crippen molar-refractivity contribution in [3.63, 3.8) is 0 Å². The topological polar surface area (TPSA) is 93.6 Å². The van der Waals surface area contributed by atoms with E-state index in [4.69, 9.17) is 9.56 Å². The summed E-state index contributed by atoms with van der Waals surface area (Å²) in [7, 11) is -3.61. The van der Waals surface area contributed by atoms with Gasteiger partial charge in [0.15, 0.2) is 0 Å². The number of hydrogen-bond donors (Lipinski definition) is 1. The third-order valence-electron chi connectivity index (χ3n) is 3.91. The Bertz CT molecular complexity index is 633. The Kier molecular flexibility index (Phi) is 3.93. The van der Waals surface area contributed by atoms with Gasteiger partial charge in [0.2, 0.25) is 10.0 Å². The molecule has 0 spiro atoms. The van der Waals surface area contributed by atoms with Crippen molar-refractivity contribution in [3.05, 3.63) is 22.6 Å². The fourth-order valence-corrected chi connectivity index (χ4v) is 3.54. The molecule has 0 aliphatic carbocycles. The van der Waals surface area contributed by atoms with Crippen molar-refractivity contribution < 1.29 is 17.6 Å². The minimum Gasteiger partial charge on any atom is -0.466 e. The zero-order valence-electron chi connectivity index (χ0n) is 12.0. The second-order valence-corrected chi connectivity index (χ2v) is 7.16. The number of piperidine rings is 1. The van der Waals surface area contributed by atoms with E-state index in [0.717, 1.165) is 5.56 Å². The summed E-state index contributed by atoms with van der Waals surface area (Å²) in [4.78, 5) is 14.1. The molecule has 1 fully saturated rings. The fraction of sp³-hybridized carbons (Fsp3) is 0.615. The van der Waals surface area contributed by atoms with Crippen molar-refractivity contribution in [2.45, 2.75) is 38.9 Å². The summed E-state index contributed by atoms with van der Waals surface area (Å²) >= 11 is 0. The molecule has 2 rings (SSSR count). The van der Waals surface area contributed by atoms with Gasteiger partial charge in [-0.2, -0.15) is 0 Å². The molecule has 1 aliphatic rings. The van der Waals surface area contributed by atoms with E-state index >= 15 is 0 Å². The Morgan fingerprint density at radius 3 is 2.45 bits per heavy atom. The Labute approximate surface area is 119 Å². The lowest BCUT2D eigenvalue weighted by atomic mass is 10.1. The maximum atomic E-state index is 12.6. The lowest BCUT2D eigenvalue weighted by Crippen LogP contribution is -2.47. The number of amides is 1. The smallest absolute Gasteiger partial charge is 0.257 e. The van der Waals surface area contributed by atoms with E-state index in [1.165, 1.54) is 0 Å². The first-order valence-electron chi connectivity index (χ1n) is 6.59. The fourth-order valence-electron chi connectivity index (χ4n) is 2.66. The highest BCUT2D eigenvalue weighted by Crippen LogP contribution is 2.24. The average Bonchev–Trinajstić information content (AvgIpc) is 2.62. The third-order valence-corrected chi connectivity index (χ3v) is 5.22. The van der Waals surface area contributed by atoms with E-state index in [2.05, 4.69) is 0 Å². The molecule has 2 N–H and O–H groups in total. The highest BCUT2D eigenvalue weighted by atomic mass is 32.2. The van der Waals surface area contributed by atoms with E-state index in [0.29, 0.717) is 36.5 Å². The van der Waals surface area contributed by atoms with Crippen molar-refractivity contribution >= 4 is 15.9 Å². The van der Waals surface area contributed by atoms with Crippen LogP contribution in [0.15, 0.2) is 4.42 Å². The Balaban J connectivity index is 2.25. The first-order valence-corrected chi connectivity index (χ1v) is 8.20. The van der Waals surface area contributed by atoms with E-state index in [9.17, 15) is 13.2 Å². The monoisotopic (exact) mass is 300 g/mol. The summed E-state index contributed by atoms with van der Waals surface area (Å²) in [6.45, 7) is 6.09. The van der Waals surface area contributed by atoms with Crippen molar-refractivity contribution in [3.8, 4) is 0 Å². The molecule has 1 amide bonds. The number of nitrogens with two attached hydrogens (primary N) is 1. The molecule has 1 atom stereocenters. The van der Waals surface area contributed by atoms with Crippen molar-refractivity contribution in [2.24, 2.45) is 5.14 Å². The van der Waals surface area contributed by atoms with Crippen molar-refractivity contribution in [1.82, 2.24) is 4.90 Å². The standard InChI is InChI=1S/C13H20N2O4S/c1-8-9(2)19-10(3)12(8)13(16)15-6-4-5-11(7-15)20(14,17)18/h11H,4-7H2,1-3H3,(H2,14,17,18). The number of sulfonamides is 1. The quantitative estimate of drug-likeness (QED) is 0.885. The highest BCUT2D eigenvalue weighted by Gasteiger charge is 2.32. The molecule has 1 aromatic rings. The first kappa shape index (κ1) is 15.1. The maximum absolute atomic E-state index is 12.6. The van der Waals surface area contributed by atoms with Crippen LogP contribution < -0.4 is 5.14 Å². The van der Waals surface area contributed by atoms with E-state index < -0.39 is 15.3 Å². The summed E-state index contributed by atoms with van der Waals surface area (Å²) in [5, 5.41) is 4.52. The van der Waals surface area contributed by atoms with Crippen LogP contribution in [0.5, 0.6) is 0 Å². The molecule has 0 bridgehead atoms. The van der Waals surface area contributed by atoms with E-state index in [-0.39, 0.29) is 12.5 Å². The molecule has 6 nitrogen and oxygen atoms in total. The van der Waals surface area contributed by atoms with Crippen LogP contribution in [0.3, 0.4) is 0 Å². The van der Waals surface area contributed by atoms with Gasteiger partial charge in [0.25, 0.3) is 5.91 Å². The average molecular weight is 300 g/mol. The molecule has 20 heavy (non-hydrogen) atoms. The molecule has 1 unspecified atom stereocenters. The van der Waals surface area contributed by atoms with Crippen LogP contribution in [0.2, 0.25) is 0 Å². The van der Waals surface area contributed by atoms with Gasteiger partial charge < -0.3 is 9.32 Å². The van der Waals surface area contributed by atoms with Crippen LogP contribution in [-0.4, -0.2) is 37.6 Å². The van der Waals surface area contributed by atoms with Gasteiger partial charge in [0.05, 0.1) is 10.8 Å². The van der Waals surface area contributed by atoms with Gasteiger partial charge in [-0.05, 0) is 33.6 Å². The van der Waals surface area contributed by atoms with Crippen LogP contribution in [0.4, 0.5) is 0 Å². The molecule has 0 aromatic carbocycles. The normalized spacial score (nSPS) is 20.2. The number of carbonyl (C=O) groups is 1. The Hall–Kier alpha value is -1.34. The number of furan rings is 1. The first-order chi connectivity index (χ1) is 9.21. The van der Waals surface area contributed by atoms with Gasteiger partial charge >= 0.3 is 0 Å². The number of rotatable bonds is 2. The number of nitrogens with zero attached hydrogens (tertiary/aromatic N) is 1. The van der Waals surface area contributed by atoms with Crippen LogP contribution in [-0.2, 0) is 10.0 Å². The molecule has 2 heterocycles. The summed E-state index contributed by atoms with van der Waals surface area (Å²) < 4.78 is 28.4. The van der Waals surface area contributed by atoms with Crippen LogP contribution in [0, 0.1) is 20.8 Å². The number of hydrogen-bond acceptors (Lipinski definition) is 4. The summed E-state index contributed by atoms with van der Waals surface area (Å²) in [6.07, 6.45) is 1.15. The minimum atomic E-state index is -3.61. The zero-order chi connectivity index (χ0) is 15.1. The summed E-state index contributed by atoms with van der Waals surface area (Å²) in [6, 6.07) is 0. The van der Waals surface area contributed by atoms with Gasteiger partial charge in [0, 0.05) is 18.7 Å². The summed E-state index contributed by atoms with van der Waals surface area (Å²) in [5.74, 6) is 1.11. The molecular weight excluding hydrogens is 280 g/mol. The predicted octanol–water partition coefficient (Wildman–Crippen LogP) is 1.10. The van der Waals surface area contributed by atoms with Gasteiger partial charge in [-0.15, -0.1) is 0 Å². The lowest BCUT2D eigenvalue weighted by Gasteiger charge is -2.31. The van der Waals surface area contributed by atoms with Gasteiger partial charge in [-0.3, -0.25) is 4.79 Å². The predicted molar refractivity (Wildman–Crippen MR) is 75.0 cm³/mol. The molecular formula is C13H20N2O4S. The Morgan fingerprint density at radius 1 is 1.30 bits per heavy atom. The van der Waals surface area contributed by atoms with Gasteiger partial charge in [0.1, 0.15) is 11.5 Å². The van der Waals surface area contributed by atoms with E-state index in [1.807, 2.05) is 13.8 Å². The number of aryl methyl sites for hydroxylation is 2. The van der Waals surface area contributed by atoms with Crippen LogP contribution in [0.1, 0.15) is 40.3 Å². The second-order valence-electron chi connectivity index (χ2n) is 5.32. The largest absolute Gasteiger partial charge is 0.466 e. The number of carbonyl (C=O) groups excluding carboxylic acids is 1. The lowest BCUT2D eigenvalue weighted by molar-refractivity contribution is 0.0724. The molecule has 7 heteroatoms.